The summed E-state index contributed by atoms with van der Waals surface area (Å²) >= 11 is 1.69. The lowest BCUT2D eigenvalue weighted by molar-refractivity contribution is -0.154. The summed E-state index contributed by atoms with van der Waals surface area (Å²) in [5.74, 6) is 0.0820. The van der Waals surface area contributed by atoms with Crippen LogP contribution in [0.5, 0.6) is 5.75 Å². The molecule has 2 aromatic carbocycles. The maximum atomic E-state index is 12.5. The van der Waals surface area contributed by atoms with Crippen molar-refractivity contribution < 1.29 is 19.1 Å². The highest BCUT2D eigenvalue weighted by atomic mass is 32.1. The first-order chi connectivity index (χ1) is 14.2. The molecule has 0 unspecified atom stereocenters. The first-order valence-corrected chi connectivity index (χ1v) is 10.5. The zero-order chi connectivity index (χ0) is 20.1. The van der Waals surface area contributed by atoms with Crippen molar-refractivity contribution in [3.63, 3.8) is 0 Å². The normalized spacial score (nSPS) is 16.6. The molecule has 2 heterocycles. The molecule has 0 radical (unpaired) electrons. The van der Waals surface area contributed by atoms with Crippen LogP contribution < -0.4 is 4.74 Å². The van der Waals surface area contributed by atoms with Crippen molar-refractivity contribution in [2.45, 2.75) is 18.8 Å². The molecule has 0 bridgehead atoms. The van der Waals surface area contributed by atoms with Crippen molar-refractivity contribution in [2.75, 3.05) is 26.3 Å². The van der Waals surface area contributed by atoms with E-state index in [1.54, 1.807) is 28.4 Å². The second kappa shape index (κ2) is 9.05. The molecule has 0 saturated carbocycles. The third kappa shape index (κ3) is 4.92. The van der Waals surface area contributed by atoms with Crippen LogP contribution in [0.2, 0.25) is 0 Å². The minimum atomic E-state index is -0.554. The Bertz CT molecular complexity index is 956. The van der Waals surface area contributed by atoms with Gasteiger partial charge in [-0.15, -0.1) is 11.3 Å². The number of likely N-dealkylation sites (tertiary alicyclic amines) is 1. The largest absolute Gasteiger partial charge is 0.482 e. The van der Waals surface area contributed by atoms with Crippen molar-refractivity contribution in [1.82, 2.24) is 9.88 Å². The zero-order valence-corrected chi connectivity index (χ0v) is 16.8. The van der Waals surface area contributed by atoms with Crippen molar-refractivity contribution in [3.8, 4) is 5.75 Å². The van der Waals surface area contributed by atoms with Crippen molar-refractivity contribution in [3.05, 3.63) is 59.6 Å². The summed E-state index contributed by atoms with van der Waals surface area (Å²) in [5, 5.41) is 1.07. The van der Waals surface area contributed by atoms with Crippen LogP contribution in [0.25, 0.3) is 10.2 Å². The molecule has 29 heavy (non-hydrogen) atoms. The number of aromatic nitrogens is 1. The van der Waals surface area contributed by atoms with E-state index in [2.05, 4.69) is 6.07 Å². The number of benzene rings is 2. The molecular weight excluding hydrogens is 388 g/mol. The minimum Gasteiger partial charge on any atom is -0.482 e. The summed E-state index contributed by atoms with van der Waals surface area (Å²) in [6, 6.07) is 17.1. The van der Waals surface area contributed by atoms with E-state index >= 15 is 0 Å². The van der Waals surface area contributed by atoms with Crippen molar-refractivity contribution in [1.29, 1.82) is 0 Å². The van der Waals surface area contributed by atoms with Crippen LogP contribution in [0, 0.1) is 0 Å². The van der Waals surface area contributed by atoms with Gasteiger partial charge in [0.1, 0.15) is 5.75 Å². The van der Waals surface area contributed by atoms with E-state index < -0.39 is 5.97 Å². The lowest BCUT2D eigenvalue weighted by atomic mass is 9.99. The second-order valence-corrected chi connectivity index (χ2v) is 8.02. The number of amides is 1. The van der Waals surface area contributed by atoms with Crippen LogP contribution in [0.3, 0.4) is 0 Å². The number of rotatable bonds is 6. The summed E-state index contributed by atoms with van der Waals surface area (Å²) in [7, 11) is 0. The highest BCUT2D eigenvalue weighted by Gasteiger charge is 2.27. The molecule has 4 rings (SSSR count). The fraction of sp³-hybridized carbons (Fsp3) is 0.318. The highest BCUT2D eigenvalue weighted by molar-refractivity contribution is 7.18. The van der Waals surface area contributed by atoms with E-state index in [9.17, 15) is 9.59 Å². The average molecular weight is 410 g/mol. The number of nitrogens with zero attached hydrogens (tertiary/aromatic N) is 2. The van der Waals surface area contributed by atoms with Gasteiger partial charge in [-0.2, -0.15) is 0 Å². The number of hydrogen-bond donors (Lipinski definition) is 0. The van der Waals surface area contributed by atoms with Crippen molar-refractivity contribution >= 4 is 33.4 Å². The van der Waals surface area contributed by atoms with E-state index in [0.29, 0.717) is 18.8 Å². The van der Waals surface area contributed by atoms with E-state index in [1.807, 2.05) is 36.4 Å². The number of thiazole rings is 1. The molecule has 150 valence electrons. The monoisotopic (exact) mass is 410 g/mol. The molecule has 1 atom stereocenters. The molecule has 0 N–H and O–H groups in total. The van der Waals surface area contributed by atoms with Gasteiger partial charge in [0.25, 0.3) is 5.91 Å². The fourth-order valence-electron chi connectivity index (χ4n) is 3.40. The summed E-state index contributed by atoms with van der Waals surface area (Å²) in [4.78, 5) is 30.9. The molecule has 3 aromatic rings. The van der Waals surface area contributed by atoms with Crippen LogP contribution in [-0.2, 0) is 14.3 Å². The van der Waals surface area contributed by atoms with Gasteiger partial charge in [-0.3, -0.25) is 4.79 Å². The number of piperidine rings is 1. The van der Waals surface area contributed by atoms with E-state index in [0.717, 1.165) is 23.4 Å². The molecule has 1 fully saturated rings. The summed E-state index contributed by atoms with van der Waals surface area (Å²) in [5.41, 5.74) is 1.00. The zero-order valence-electron chi connectivity index (χ0n) is 16.0. The number of carbonyl (C=O) groups is 2. The molecule has 1 aliphatic rings. The Morgan fingerprint density at radius 3 is 2.69 bits per heavy atom. The molecule has 6 nitrogen and oxygen atoms in total. The number of para-hydroxylation sites is 2. The first-order valence-electron chi connectivity index (χ1n) is 9.66. The third-order valence-electron chi connectivity index (χ3n) is 4.89. The van der Waals surface area contributed by atoms with Gasteiger partial charge in [-0.1, -0.05) is 30.3 Å². The van der Waals surface area contributed by atoms with Gasteiger partial charge in [0.05, 0.1) is 15.2 Å². The minimum absolute atomic E-state index is 0.177. The number of carbonyl (C=O) groups excluding carboxylic acids is 2. The maximum absolute atomic E-state index is 12.5. The van der Waals surface area contributed by atoms with Crippen molar-refractivity contribution in [2.24, 2.45) is 0 Å². The molecule has 0 aliphatic carbocycles. The summed E-state index contributed by atoms with van der Waals surface area (Å²) in [6.07, 6.45) is 1.92. The van der Waals surface area contributed by atoms with Gasteiger partial charge in [0.2, 0.25) is 0 Å². The standard InChI is InChI=1S/C22H22N2O4S/c25-20(14-28-21(26)15-27-17-8-2-1-3-9-17)24-12-6-7-16(13-24)22-23-18-10-4-5-11-19(18)29-22/h1-5,8-11,16H,6-7,12-15H2/t16-/m1/s1. The quantitative estimate of drug-likeness (QED) is 0.581. The van der Waals surface area contributed by atoms with Gasteiger partial charge in [0.15, 0.2) is 13.2 Å². The number of fused-ring (bicyclic) bond motifs is 1. The Hall–Kier alpha value is -2.93. The van der Waals surface area contributed by atoms with E-state index in [-0.39, 0.29) is 25.0 Å². The van der Waals surface area contributed by atoms with Gasteiger partial charge in [-0.25, -0.2) is 9.78 Å². The van der Waals surface area contributed by atoms with Gasteiger partial charge < -0.3 is 14.4 Å². The topological polar surface area (TPSA) is 68.7 Å². The molecule has 1 saturated heterocycles. The summed E-state index contributed by atoms with van der Waals surface area (Å²) < 4.78 is 11.6. The van der Waals surface area contributed by atoms with Gasteiger partial charge >= 0.3 is 5.97 Å². The second-order valence-electron chi connectivity index (χ2n) is 6.96. The Morgan fingerprint density at radius 2 is 1.86 bits per heavy atom. The highest BCUT2D eigenvalue weighted by Crippen LogP contribution is 2.32. The third-order valence-corrected chi connectivity index (χ3v) is 6.09. The molecule has 1 amide bonds. The van der Waals surface area contributed by atoms with Crippen LogP contribution in [-0.4, -0.2) is 48.1 Å². The van der Waals surface area contributed by atoms with Crippen LogP contribution in [0.1, 0.15) is 23.8 Å². The Balaban J connectivity index is 1.27. The molecular formula is C22H22N2O4S. The predicted octanol–water partition coefficient (Wildman–Crippen LogP) is 3.62. The predicted molar refractivity (Wildman–Crippen MR) is 111 cm³/mol. The van der Waals surface area contributed by atoms with Gasteiger partial charge in [-0.05, 0) is 37.1 Å². The van der Waals surface area contributed by atoms with E-state index in [1.165, 1.54) is 4.70 Å². The lowest BCUT2D eigenvalue weighted by Crippen LogP contribution is -2.41. The van der Waals surface area contributed by atoms with Gasteiger partial charge in [0, 0.05) is 19.0 Å². The number of esters is 1. The Labute approximate surface area is 173 Å². The molecule has 1 aromatic heterocycles. The maximum Gasteiger partial charge on any atom is 0.344 e. The molecule has 1 aliphatic heterocycles. The van der Waals surface area contributed by atoms with E-state index in [4.69, 9.17) is 14.5 Å². The molecule has 7 heteroatoms. The summed E-state index contributed by atoms with van der Waals surface area (Å²) in [6.45, 7) is 0.810. The van der Waals surface area contributed by atoms with Crippen LogP contribution in [0.15, 0.2) is 54.6 Å². The Kier molecular flexibility index (Phi) is 6.05. The SMILES string of the molecule is O=C(COc1ccccc1)OCC(=O)N1CCC[C@@H](c2nc3ccccc3s2)C1. The number of hydrogen-bond acceptors (Lipinski definition) is 6. The Morgan fingerprint density at radius 1 is 1.07 bits per heavy atom. The molecule has 0 spiro atoms. The average Bonchev–Trinajstić information content (AvgIpc) is 3.21. The number of ether oxygens (including phenoxy) is 2. The van der Waals surface area contributed by atoms with Crippen LogP contribution in [0.4, 0.5) is 0 Å². The fourth-order valence-corrected chi connectivity index (χ4v) is 4.50. The first kappa shape index (κ1) is 19.4. The smallest absolute Gasteiger partial charge is 0.344 e. The van der Waals surface area contributed by atoms with Crippen LogP contribution >= 0.6 is 11.3 Å². The lowest BCUT2D eigenvalue weighted by Gasteiger charge is -2.31.